The minimum Gasteiger partial charge on any atom is -0.395 e. The predicted octanol–water partition coefficient (Wildman–Crippen LogP) is 2.29. The molecule has 0 heterocycles. The molecule has 0 spiro atoms. The van der Waals surface area contributed by atoms with Crippen molar-refractivity contribution in [2.75, 3.05) is 19.4 Å². The van der Waals surface area contributed by atoms with E-state index in [1.54, 1.807) is 18.7 Å². The molecule has 30 heavy (non-hydrogen) atoms. The molecule has 5 nitrogen and oxygen atoms in total. The number of halogens is 2. The van der Waals surface area contributed by atoms with Crippen LogP contribution >= 0.6 is 11.8 Å². The van der Waals surface area contributed by atoms with Crippen molar-refractivity contribution in [3.8, 4) is 0 Å². The SMILES string of the molecule is CSc1ccc(CC(=O)NC(Cc2cc(F)cc(F)c2)C(O)CNC(C)CO)cc1. The molecule has 8 heteroatoms. The number of aliphatic hydroxyl groups excluding tert-OH is 2. The summed E-state index contributed by atoms with van der Waals surface area (Å²) in [6, 6.07) is 9.72. The normalized spacial score (nSPS) is 14.2. The average Bonchev–Trinajstić information content (AvgIpc) is 2.71. The van der Waals surface area contributed by atoms with Gasteiger partial charge in [0, 0.05) is 23.5 Å². The molecule has 2 aromatic rings. The third-order valence-corrected chi connectivity index (χ3v) is 5.41. The summed E-state index contributed by atoms with van der Waals surface area (Å²) in [5.74, 6) is -1.74. The molecule has 0 fully saturated rings. The number of hydrogen-bond donors (Lipinski definition) is 4. The Morgan fingerprint density at radius 1 is 1.10 bits per heavy atom. The molecule has 3 unspecified atom stereocenters. The summed E-state index contributed by atoms with van der Waals surface area (Å²) in [4.78, 5) is 13.7. The fourth-order valence-corrected chi connectivity index (χ4v) is 3.39. The van der Waals surface area contributed by atoms with Gasteiger partial charge in [-0.25, -0.2) is 8.78 Å². The number of nitrogens with one attached hydrogen (secondary N) is 2. The smallest absolute Gasteiger partial charge is 0.224 e. The zero-order valence-corrected chi connectivity index (χ0v) is 17.9. The molecule has 0 bridgehead atoms. The van der Waals surface area contributed by atoms with Gasteiger partial charge in [-0.1, -0.05) is 12.1 Å². The standard InChI is InChI=1S/C22H28F2N2O3S/c1-14(13-27)25-12-21(28)20(9-16-7-17(23)11-18(24)8-16)26-22(29)10-15-3-5-19(30-2)6-4-15/h3-8,11,14,20-21,25,27-28H,9-10,12-13H2,1-2H3,(H,26,29). The van der Waals surface area contributed by atoms with Gasteiger partial charge in [0.1, 0.15) is 11.6 Å². The van der Waals surface area contributed by atoms with E-state index in [0.717, 1.165) is 16.5 Å². The highest BCUT2D eigenvalue weighted by molar-refractivity contribution is 7.98. The van der Waals surface area contributed by atoms with Crippen molar-refractivity contribution >= 4 is 17.7 Å². The van der Waals surface area contributed by atoms with Crippen LogP contribution in [0.5, 0.6) is 0 Å². The molecule has 0 saturated heterocycles. The Bertz CT molecular complexity index is 800. The molecule has 0 radical (unpaired) electrons. The van der Waals surface area contributed by atoms with Gasteiger partial charge in [-0.3, -0.25) is 4.79 Å². The third kappa shape index (κ3) is 8.02. The molecule has 4 N–H and O–H groups in total. The predicted molar refractivity (Wildman–Crippen MR) is 114 cm³/mol. The van der Waals surface area contributed by atoms with Crippen LogP contribution in [-0.4, -0.2) is 53.7 Å². The van der Waals surface area contributed by atoms with E-state index in [1.807, 2.05) is 30.5 Å². The van der Waals surface area contributed by atoms with Crippen molar-refractivity contribution in [1.82, 2.24) is 10.6 Å². The molecule has 0 saturated carbocycles. The van der Waals surface area contributed by atoms with Crippen LogP contribution in [0.15, 0.2) is 47.4 Å². The van der Waals surface area contributed by atoms with Gasteiger partial charge in [-0.15, -0.1) is 11.8 Å². The van der Waals surface area contributed by atoms with Crippen LogP contribution in [0.2, 0.25) is 0 Å². The number of aliphatic hydroxyl groups is 2. The molecule has 164 valence electrons. The summed E-state index contributed by atoms with van der Waals surface area (Å²) in [5.41, 5.74) is 1.15. The van der Waals surface area contributed by atoms with Gasteiger partial charge in [-0.2, -0.15) is 0 Å². The van der Waals surface area contributed by atoms with Crippen molar-refractivity contribution in [2.24, 2.45) is 0 Å². The van der Waals surface area contributed by atoms with Gasteiger partial charge in [0.25, 0.3) is 0 Å². The lowest BCUT2D eigenvalue weighted by molar-refractivity contribution is -0.122. The van der Waals surface area contributed by atoms with Gasteiger partial charge < -0.3 is 20.8 Å². The van der Waals surface area contributed by atoms with E-state index in [-0.39, 0.29) is 37.9 Å². The number of thioether (sulfide) groups is 1. The Morgan fingerprint density at radius 2 is 1.73 bits per heavy atom. The molecular weight excluding hydrogens is 410 g/mol. The first-order chi connectivity index (χ1) is 14.3. The first-order valence-electron chi connectivity index (χ1n) is 9.70. The first kappa shape index (κ1) is 24.3. The van der Waals surface area contributed by atoms with Crippen LogP contribution in [0.1, 0.15) is 18.1 Å². The Hall–Kier alpha value is -2.00. The van der Waals surface area contributed by atoms with Crippen molar-refractivity contribution in [3.63, 3.8) is 0 Å². The van der Waals surface area contributed by atoms with E-state index >= 15 is 0 Å². The highest BCUT2D eigenvalue weighted by atomic mass is 32.2. The lowest BCUT2D eigenvalue weighted by Gasteiger charge is -2.26. The number of carbonyl (C=O) groups excluding carboxylic acids is 1. The van der Waals surface area contributed by atoms with Gasteiger partial charge in [-0.05, 0) is 55.0 Å². The summed E-state index contributed by atoms with van der Waals surface area (Å²) in [6.07, 6.45) is 1.13. The van der Waals surface area contributed by atoms with E-state index in [1.165, 1.54) is 12.1 Å². The number of amides is 1. The molecule has 1 amide bonds. The van der Waals surface area contributed by atoms with Crippen LogP contribution < -0.4 is 10.6 Å². The van der Waals surface area contributed by atoms with Crippen molar-refractivity contribution in [3.05, 3.63) is 65.2 Å². The highest BCUT2D eigenvalue weighted by Gasteiger charge is 2.23. The van der Waals surface area contributed by atoms with Gasteiger partial charge in [0.15, 0.2) is 0 Å². The lowest BCUT2D eigenvalue weighted by Crippen LogP contribution is -2.50. The minimum atomic E-state index is -1.02. The van der Waals surface area contributed by atoms with Crippen LogP contribution in [0, 0.1) is 11.6 Å². The molecular formula is C22H28F2N2O3S. The second-order valence-electron chi connectivity index (χ2n) is 7.24. The second-order valence-corrected chi connectivity index (χ2v) is 8.12. The maximum atomic E-state index is 13.6. The molecule has 3 atom stereocenters. The zero-order chi connectivity index (χ0) is 22.1. The van der Waals surface area contributed by atoms with Gasteiger partial charge in [0.2, 0.25) is 5.91 Å². The van der Waals surface area contributed by atoms with Crippen LogP contribution in [0.3, 0.4) is 0 Å². The number of carbonyl (C=O) groups is 1. The molecule has 0 aromatic heterocycles. The van der Waals surface area contributed by atoms with Crippen LogP contribution in [0.25, 0.3) is 0 Å². The molecule has 0 aliphatic rings. The largest absolute Gasteiger partial charge is 0.395 e. The fourth-order valence-electron chi connectivity index (χ4n) is 2.98. The maximum Gasteiger partial charge on any atom is 0.224 e. The average molecular weight is 439 g/mol. The molecule has 2 aromatic carbocycles. The minimum absolute atomic E-state index is 0.0577. The third-order valence-electron chi connectivity index (χ3n) is 4.66. The monoisotopic (exact) mass is 438 g/mol. The summed E-state index contributed by atoms with van der Waals surface area (Å²) in [7, 11) is 0. The summed E-state index contributed by atoms with van der Waals surface area (Å²) < 4.78 is 27.1. The summed E-state index contributed by atoms with van der Waals surface area (Å²) in [5, 5.41) is 25.5. The molecule has 2 rings (SSSR count). The first-order valence-corrected chi connectivity index (χ1v) is 10.9. The van der Waals surface area contributed by atoms with E-state index < -0.39 is 23.8 Å². The quantitative estimate of drug-likeness (QED) is 0.405. The fraction of sp³-hybridized carbons (Fsp3) is 0.409. The Kier molecular flexibility index (Phi) is 9.71. The number of rotatable bonds is 11. The Morgan fingerprint density at radius 3 is 2.30 bits per heavy atom. The Balaban J connectivity index is 2.09. The van der Waals surface area contributed by atoms with Crippen molar-refractivity contribution in [1.29, 1.82) is 0 Å². The van der Waals surface area contributed by atoms with E-state index in [9.17, 15) is 18.7 Å². The Labute approximate surface area is 179 Å². The van der Waals surface area contributed by atoms with Crippen molar-refractivity contribution in [2.45, 2.75) is 42.8 Å². The molecule has 0 aliphatic heterocycles. The molecule has 0 aliphatic carbocycles. The summed E-state index contributed by atoms with van der Waals surface area (Å²) in [6.45, 7) is 1.75. The maximum absolute atomic E-state index is 13.6. The van der Waals surface area contributed by atoms with E-state index in [2.05, 4.69) is 10.6 Å². The number of hydrogen-bond acceptors (Lipinski definition) is 5. The zero-order valence-electron chi connectivity index (χ0n) is 17.1. The topological polar surface area (TPSA) is 81.6 Å². The van der Waals surface area contributed by atoms with Crippen molar-refractivity contribution < 1.29 is 23.8 Å². The highest BCUT2D eigenvalue weighted by Crippen LogP contribution is 2.16. The van der Waals surface area contributed by atoms with Crippen LogP contribution in [0.4, 0.5) is 8.78 Å². The van der Waals surface area contributed by atoms with Gasteiger partial charge >= 0.3 is 0 Å². The lowest BCUT2D eigenvalue weighted by atomic mass is 10.00. The van der Waals surface area contributed by atoms with E-state index in [4.69, 9.17) is 5.11 Å². The number of benzene rings is 2. The van der Waals surface area contributed by atoms with Gasteiger partial charge in [0.05, 0.1) is 25.2 Å². The second kappa shape index (κ2) is 12.0. The van der Waals surface area contributed by atoms with E-state index in [0.29, 0.717) is 5.56 Å². The van der Waals surface area contributed by atoms with Crippen LogP contribution in [-0.2, 0) is 17.6 Å². The summed E-state index contributed by atoms with van der Waals surface area (Å²) >= 11 is 1.60.